The maximum absolute atomic E-state index is 12.1. The minimum absolute atomic E-state index is 0.189. The van der Waals surface area contributed by atoms with Gasteiger partial charge in [0.05, 0.1) is 25.3 Å². The summed E-state index contributed by atoms with van der Waals surface area (Å²) < 4.78 is 42.2. The number of alkyl halides is 3. The Kier molecular flexibility index (Phi) is 2.70. The number of rotatable bonds is 3. The van der Waals surface area contributed by atoms with Crippen LogP contribution >= 0.6 is 0 Å². The third-order valence-corrected chi connectivity index (χ3v) is 1.95. The summed E-state index contributed by atoms with van der Waals surface area (Å²) in [7, 11) is 0. The van der Waals surface area contributed by atoms with E-state index in [9.17, 15) is 18.0 Å². The molecule has 0 spiro atoms. The lowest BCUT2D eigenvalue weighted by molar-refractivity contribution is -0.0888. The molecule has 90 valence electrons. The number of hydrogen-bond donors (Lipinski definition) is 0. The van der Waals surface area contributed by atoms with Crippen LogP contribution in [0.2, 0.25) is 0 Å². The number of halogens is 3. The summed E-state index contributed by atoms with van der Waals surface area (Å²) in [4.78, 5) is 10.8. The summed E-state index contributed by atoms with van der Waals surface area (Å²) in [6, 6.07) is 1.63. The van der Waals surface area contributed by atoms with Crippen molar-refractivity contribution in [1.82, 2.24) is 15.0 Å². The third kappa shape index (κ3) is 2.52. The lowest BCUT2D eigenvalue weighted by Gasteiger charge is -2.00. The van der Waals surface area contributed by atoms with Gasteiger partial charge in [-0.1, -0.05) is 5.21 Å². The van der Waals surface area contributed by atoms with E-state index >= 15 is 0 Å². The molecule has 0 amide bonds. The molecule has 2 heterocycles. The Balaban J connectivity index is 2.14. The van der Waals surface area contributed by atoms with E-state index < -0.39 is 17.7 Å². The number of carbonyl (C=O) groups is 1. The van der Waals surface area contributed by atoms with Crippen molar-refractivity contribution in [2.75, 3.05) is 0 Å². The lowest BCUT2D eigenvalue weighted by atomic mass is 10.3. The van der Waals surface area contributed by atoms with E-state index in [1.54, 1.807) is 6.07 Å². The first kappa shape index (κ1) is 11.4. The topological polar surface area (TPSA) is 60.9 Å². The Labute approximate surface area is 92.8 Å². The van der Waals surface area contributed by atoms with Gasteiger partial charge in [0.25, 0.3) is 5.78 Å². The van der Waals surface area contributed by atoms with Gasteiger partial charge in [-0.25, -0.2) is 4.68 Å². The monoisotopic (exact) mass is 245 g/mol. The van der Waals surface area contributed by atoms with Crippen molar-refractivity contribution in [2.24, 2.45) is 0 Å². The van der Waals surface area contributed by atoms with Crippen LogP contribution in [0.3, 0.4) is 0 Å². The number of furan rings is 1. The molecule has 2 aromatic rings. The van der Waals surface area contributed by atoms with E-state index in [4.69, 9.17) is 4.42 Å². The molecule has 0 aromatic carbocycles. The van der Waals surface area contributed by atoms with Crippen LogP contribution in [-0.2, 0) is 6.54 Å². The highest BCUT2D eigenvalue weighted by molar-refractivity contribution is 5.98. The molecule has 0 saturated heterocycles. The van der Waals surface area contributed by atoms with E-state index in [-0.39, 0.29) is 6.54 Å². The van der Waals surface area contributed by atoms with Gasteiger partial charge in [-0.3, -0.25) is 4.79 Å². The summed E-state index contributed by atoms with van der Waals surface area (Å²) in [5.41, 5.74) is -0.0121. The molecule has 0 radical (unpaired) electrons. The first-order valence-corrected chi connectivity index (χ1v) is 4.49. The number of Topliss-reactive ketones (excluding diaryl/α,β-unsaturated/α-hetero) is 1. The van der Waals surface area contributed by atoms with Gasteiger partial charge in [-0.15, -0.1) is 5.10 Å². The Bertz CT molecular complexity index is 516. The van der Waals surface area contributed by atoms with Crippen molar-refractivity contribution >= 4 is 5.78 Å². The normalized spacial score (nSPS) is 11.7. The molecule has 0 unspecified atom stereocenters. The number of hydrogen-bond acceptors (Lipinski definition) is 4. The average Bonchev–Trinajstić information content (AvgIpc) is 2.87. The average molecular weight is 245 g/mol. The first-order valence-electron chi connectivity index (χ1n) is 4.49. The second-order valence-electron chi connectivity index (χ2n) is 3.26. The fourth-order valence-electron chi connectivity index (χ4n) is 1.19. The zero-order valence-electron chi connectivity index (χ0n) is 8.31. The minimum atomic E-state index is -4.93. The molecule has 0 aliphatic rings. The molecule has 0 aliphatic heterocycles. The Morgan fingerprint density at radius 2 is 2.24 bits per heavy atom. The van der Waals surface area contributed by atoms with Crippen LogP contribution < -0.4 is 0 Å². The van der Waals surface area contributed by atoms with E-state index in [0.29, 0.717) is 5.56 Å². The first-order chi connectivity index (χ1) is 7.97. The molecule has 2 rings (SSSR count). The predicted molar refractivity (Wildman–Crippen MR) is 48.2 cm³/mol. The fraction of sp³-hybridized carbons (Fsp3) is 0.222. The van der Waals surface area contributed by atoms with Gasteiger partial charge < -0.3 is 4.42 Å². The van der Waals surface area contributed by atoms with Crippen LogP contribution in [-0.4, -0.2) is 27.0 Å². The minimum Gasteiger partial charge on any atom is -0.472 e. The van der Waals surface area contributed by atoms with Gasteiger partial charge in [0.2, 0.25) is 0 Å². The van der Waals surface area contributed by atoms with Gasteiger partial charge in [-0.2, -0.15) is 13.2 Å². The number of aromatic nitrogens is 3. The Morgan fingerprint density at radius 3 is 2.82 bits per heavy atom. The van der Waals surface area contributed by atoms with Crippen molar-refractivity contribution in [3.63, 3.8) is 0 Å². The van der Waals surface area contributed by atoms with Crippen molar-refractivity contribution < 1.29 is 22.4 Å². The quantitative estimate of drug-likeness (QED) is 0.771. The highest BCUT2D eigenvalue weighted by Crippen LogP contribution is 2.19. The van der Waals surface area contributed by atoms with Gasteiger partial charge in [0, 0.05) is 5.56 Å². The van der Waals surface area contributed by atoms with Crippen LogP contribution in [0.25, 0.3) is 0 Å². The smallest absolute Gasteiger partial charge is 0.456 e. The maximum atomic E-state index is 12.1. The third-order valence-electron chi connectivity index (χ3n) is 1.95. The van der Waals surface area contributed by atoms with Crippen molar-refractivity contribution in [3.8, 4) is 0 Å². The zero-order chi connectivity index (χ0) is 12.5. The molecule has 0 aliphatic carbocycles. The second-order valence-corrected chi connectivity index (χ2v) is 3.26. The van der Waals surface area contributed by atoms with E-state index in [0.717, 1.165) is 10.9 Å². The largest absolute Gasteiger partial charge is 0.472 e. The van der Waals surface area contributed by atoms with Crippen LogP contribution in [0, 0.1) is 0 Å². The summed E-state index contributed by atoms with van der Waals surface area (Å²) in [6.07, 6.45) is -1.14. The van der Waals surface area contributed by atoms with Crippen molar-refractivity contribution in [3.05, 3.63) is 36.0 Å². The van der Waals surface area contributed by atoms with Gasteiger partial charge in [0.1, 0.15) is 0 Å². The van der Waals surface area contributed by atoms with Crippen LogP contribution in [0.4, 0.5) is 13.2 Å². The molecule has 0 saturated carbocycles. The number of carbonyl (C=O) groups excluding carboxylic acids is 1. The molecule has 0 bridgehead atoms. The summed E-state index contributed by atoms with van der Waals surface area (Å²) in [5, 5.41) is 6.61. The predicted octanol–water partition coefficient (Wildman–Crippen LogP) is 1.66. The van der Waals surface area contributed by atoms with E-state index in [2.05, 4.69) is 10.3 Å². The zero-order valence-corrected chi connectivity index (χ0v) is 8.31. The maximum Gasteiger partial charge on any atom is 0.456 e. The van der Waals surface area contributed by atoms with Crippen molar-refractivity contribution in [2.45, 2.75) is 12.7 Å². The van der Waals surface area contributed by atoms with Crippen LogP contribution in [0.15, 0.2) is 29.2 Å². The SMILES string of the molecule is O=C(c1cn(Cc2ccoc2)nn1)C(F)(F)F. The molecule has 0 atom stereocenters. The standard InChI is InChI=1S/C9H6F3N3O2/c10-9(11,12)8(16)7-4-15(14-13-7)3-6-1-2-17-5-6/h1-2,4-5H,3H2. The molecular formula is C9H6F3N3O2. The van der Waals surface area contributed by atoms with Gasteiger partial charge in [0.15, 0.2) is 5.69 Å². The van der Waals surface area contributed by atoms with Gasteiger partial charge in [-0.05, 0) is 6.07 Å². The lowest BCUT2D eigenvalue weighted by Crippen LogP contribution is -2.23. The Morgan fingerprint density at radius 1 is 1.47 bits per heavy atom. The number of ketones is 1. The molecule has 2 aromatic heterocycles. The molecule has 5 nitrogen and oxygen atoms in total. The molecule has 8 heteroatoms. The molecule has 0 fully saturated rings. The summed E-state index contributed by atoms with van der Waals surface area (Å²) in [6.45, 7) is 0.189. The van der Waals surface area contributed by atoms with E-state index in [1.165, 1.54) is 12.5 Å². The second kappa shape index (κ2) is 4.04. The Hall–Kier alpha value is -2.12. The summed E-state index contributed by atoms with van der Waals surface area (Å²) >= 11 is 0. The molecule has 17 heavy (non-hydrogen) atoms. The van der Waals surface area contributed by atoms with Crippen LogP contribution in [0.1, 0.15) is 16.1 Å². The number of nitrogens with zero attached hydrogens (tertiary/aromatic N) is 3. The summed E-state index contributed by atoms with van der Waals surface area (Å²) in [5.74, 6) is -2.00. The van der Waals surface area contributed by atoms with Crippen LogP contribution in [0.5, 0.6) is 0 Å². The molecule has 0 N–H and O–H groups in total. The van der Waals surface area contributed by atoms with E-state index in [1.807, 2.05) is 0 Å². The highest BCUT2D eigenvalue weighted by atomic mass is 19.4. The molecular weight excluding hydrogens is 239 g/mol. The van der Waals surface area contributed by atoms with Crippen molar-refractivity contribution in [1.29, 1.82) is 0 Å². The highest BCUT2D eigenvalue weighted by Gasteiger charge is 2.41. The van der Waals surface area contributed by atoms with Gasteiger partial charge >= 0.3 is 6.18 Å². The fourth-order valence-corrected chi connectivity index (χ4v) is 1.19.